The molecule has 112 valence electrons. The number of thiophene rings is 1. The van der Waals surface area contributed by atoms with Gasteiger partial charge in [0.15, 0.2) is 11.6 Å². The summed E-state index contributed by atoms with van der Waals surface area (Å²) in [5.74, 6) is -2.94. The van der Waals surface area contributed by atoms with Crippen LogP contribution in [0, 0.1) is 18.6 Å². The summed E-state index contributed by atoms with van der Waals surface area (Å²) in [6.45, 7) is 2.34. The molecule has 0 aliphatic carbocycles. The molecule has 0 spiro atoms. The van der Waals surface area contributed by atoms with Crippen molar-refractivity contribution < 1.29 is 18.3 Å². The molecule has 6 heteroatoms. The van der Waals surface area contributed by atoms with Gasteiger partial charge >= 0.3 is 0 Å². The number of nitrogens with one attached hydrogen (secondary N) is 1. The maximum atomic E-state index is 13.7. The highest BCUT2D eigenvalue weighted by atomic mass is 32.1. The third-order valence-electron chi connectivity index (χ3n) is 2.96. The number of hydrogen-bond acceptors (Lipinski definition) is 3. The molecule has 1 aromatic heterocycles. The molecule has 0 saturated heterocycles. The van der Waals surface area contributed by atoms with E-state index in [9.17, 15) is 13.6 Å². The zero-order chi connectivity index (χ0) is 15.4. The van der Waals surface area contributed by atoms with Crippen molar-refractivity contribution in [2.75, 3.05) is 13.7 Å². The van der Waals surface area contributed by atoms with E-state index in [0.29, 0.717) is 13.0 Å². The third-order valence-corrected chi connectivity index (χ3v) is 4.02. The highest BCUT2D eigenvalue weighted by Crippen LogP contribution is 2.23. The van der Waals surface area contributed by atoms with Gasteiger partial charge in [-0.1, -0.05) is 0 Å². The van der Waals surface area contributed by atoms with Crippen LogP contribution in [0.3, 0.4) is 0 Å². The van der Waals surface area contributed by atoms with Gasteiger partial charge in [-0.2, -0.15) is 0 Å². The van der Waals surface area contributed by atoms with Crippen molar-refractivity contribution in [2.24, 2.45) is 0 Å². The predicted octanol–water partition coefficient (Wildman–Crippen LogP) is 3.32. The summed E-state index contributed by atoms with van der Waals surface area (Å²) in [7, 11) is 1.30. The van der Waals surface area contributed by atoms with Crippen molar-refractivity contribution >= 4 is 17.2 Å². The summed E-state index contributed by atoms with van der Waals surface area (Å²) in [6.07, 6.45) is 0.642. The Morgan fingerprint density at radius 1 is 1.29 bits per heavy atom. The van der Waals surface area contributed by atoms with Gasteiger partial charge in [0.25, 0.3) is 5.91 Å². The van der Waals surface area contributed by atoms with E-state index in [1.54, 1.807) is 11.3 Å². The van der Waals surface area contributed by atoms with E-state index in [1.807, 2.05) is 19.1 Å². The number of benzene rings is 1. The number of ether oxygens (including phenoxy) is 1. The molecule has 0 aliphatic rings. The first-order valence-corrected chi connectivity index (χ1v) is 7.20. The molecule has 1 heterocycles. The van der Waals surface area contributed by atoms with Gasteiger partial charge in [0, 0.05) is 16.3 Å². The van der Waals surface area contributed by atoms with Gasteiger partial charge in [0.05, 0.1) is 7.11 Å². The second-order valence-electron chi connectivity index (χ2n) is 4.46. The van der Waals surface area contributed by atoms with Crippen LogP contribution in [0.5, 0.6) is 5.75 Å². The van der Waals surface area contributed by atoms with Crippen LogP contribution in [0.4, 0.5) is 8.78 Å². The van der Waals surface area contributed by atoms with Crippen LogP contribution in [0.2, 0.25) is 0 Å². The second-order valence-corrected chi connectivity index (χ2v) is 5.83. The zero-order valence-corrected chi connectivity index (χ0v) is 12.5. The number of carbonyl (C=O) groups excluding carboxylic acids is 1. The number of amides is 1. The van der Waals surface area contributed by atoms with Crippen LogP contribution < -0.4 is 10.1 Å². The number of rotatable bonds is 5. The monoisotopic (exact) mass is 311 g/mol. The average Bonchev–Trinajstić information content (AvgIpc) is 2.87. The molecule has 0 unspecified atom stereocenters. The van der Waals surface area contributed by atoms with Gasteiger partial charge in [-0.3, -0.25) is 4.79 Å². The number of aryl methyl sites for hydroxylation is 1. The molecular formula is C15H15F2NO2S. The van der Waals surface area contributed by atoms with Crippen molar-refractivity contribution in [1.29, 1.82) is 0 Å². The fourth-order valence-corrected chi connectivity index (χ4v) is 2.81. The Kier molecular flexibility index (Phi) is 4.90. The number of methoxy groups -OCH3 is 1. The predicted molar refractivity (Wildman–Crippen MR) is 78.0 cm³/mol. The van der Waals surface area contributed by atoms with Gasteiger partial charge in [0.1, 0.15) is 11.3 Å². The molecule has 0 fully saturated rings. The first-order chi connectivity index (χ1) is 10.0. The van der Waals surface area contributed by atoms with Crippen LogP contribution in [0.15, 0.2) is 24.3 Å². The minimum atomic E-state index is -1.20. The molecule has 1 amide bonds. The first-order valence-electron chi connectivity index (χ1n) is 6.38. The van der Waals surface area contributed by atoms with E-state index in [0.717, 1.165) is 10.9 Å². The summed E-state index contributed by atoms with van der Waals surface area (Å²) in [5, 5.41) is 2.58. The van der Waals surface area contributed by atoms with E-state index < -0.39 is 23.1 Å². The van der Waals surface area contributed by atoms with Crippen LogP contribution in [-0.4, -0.2) is 19.6 Å². The molecule has 0 radical (unpaired) electrons. The Morgan fingerprint density at radius 2 is 2.05 bits per heavy atom. The number of halogens is 2. The molecule has 3 nitrogen and oxygen atoms in total. The molecule has 2 aromatic rings. The summed E-state index contributed by atoms with van der Waals surface area (Å²) in [5.41, 5.74) is -0.403. The summed E-state index contributed by atoms with van der Waals surface area (Å²) in [4.78, 5) is 14.3. The van der Waals surface area contributed by atoms with Crippen molar-refractivity contribution in [3.8, 4) is 5.75 Å². The van der Waals surface area contributed by atoms with Crippen LogP contribution in [0.25, 0.3) is 0 Å². The number of carbonyl (C=O) groups is 1. The average molecular weight is 311 g/mol. The highest BCUT2D eigenvalue weighted by molar-refractivity contribution is 7.11. The second kappa shape index (κ2) is 6.67. The topological polar surface area (TPSA) is 38.3 Å². The van der Waals surface area contributed by atoms with Crippen LogP contribution >= 0.6 is 11.3 Å². The molecule has 1 aromatic carbocycles. The van der Waals surface area contributed by atoms with Crippen molar-refractivity contribution in [3.63, 3.8) is 0 Å². The molecule has 2 rings (SSSR count). The minimum Gasteiger partial charge on any atom is -0.496 e. The fraction of sp³-hybridized carbons (Fsp3) is 0.267. The Balaban J connectivity index is 2.05. The lowest BCUT2D eigenvalue weighted by molar-refractivity contribution is 0.0945. The molecule has 0 bridgehead atoms. The number of hydrogen-bond donors (Lipinski definition) is 1. The highest BCUT2D eigenvalue weighted by Gasteiger charge is 2.20. The van der Waals surface area contributed by atoms with Crippen LogP contribution in [0.1, 0.15) is 20.1 Å². The van der Waals surface area contributed by atoms with Gasteiger partial charge < -0.3 is 10.1 Å². The van der Waals surface area contributed by atoms with Gasteiger partial charge in [0.2, 0.25) is 0 Å². The van der Waals surface area contributed by atoms with Gasteiger partial charge in [-0.05, 0) is 37.6 Å². The van der Waals surface area contributed by atoms with Crippen molar-refractivity contribution in [1.82, 2.24) is 5.32 Å². The molecule has 0 aliphatic heterocycles. The normalized spacial score (nSPS) is 10.5. The molecule has 21 heavy (non-hydrogen) atoms. The molecule has 0 atom stereocenters. The maximum absolute atomic E-state index is 13.7. The summed E-state index contributed by atoms with van der Waals surface area (Å²) in [6, 6.07) is 6.14. The van der Waals surface area contributed by atoms with Gasteiger partial charge in [-0.15, -0.1) is 11.3 Å². The Morgan fingerprint density at radius 3 is 2.67 bits per heavy atom. The lowest BCUT2D eigenvalue weighted by Gasteiger charge is -2.10. The first kappa shape index (κ1) is 15.4. The van der Waals surface area contributed by atoms with Crippen LogP contribution in [-0.2, 0) is 6.42 Å². The largest absolute Gasteiger partial charge is 0.496 e. The lowest BCUT2D eigenvalue weighted by atomic mass is 10.1. The Hall–Kier alpha value is -1.95. The lowest BCUT2D eigenvalue weighted by Crippen LogP contribution is -2.27. The standard InChI is InChI=1S/C15H15F2NO2S/c1-9-3-4-10(21-9)7-8-18-15(19)13-12(20-2)6-5-11(16)14(13)17/h3-6H,7-8H2,1-2H3,(H,18,19). The quantitative estimate of drug-likeness (QED) is 0.920. The maximum Gasteiger partial charge on any atom is 0.258 e. The van der Waals surface area contributed by atoms with E-state index in [1.165, 1.54) is 18.1 Å². The van der Waals surface area contributed by atoms with E-state index >= 15 is 0 Å². The summed E-state index contributed by atoms with van der Waals surface area (Å²) < 4.78 is 31.9. The molecule has 0 saturated carbocycles. The SMILES string of the molecule is COc1ccc(F)c(F)c1C(=O)NCCc1ccc(C)s1. The van der Waals surface area contributed by atoms with E-state index in [-0.39, 0.29) is 5.75 Å². The summed E-state index contributed by atoms with van der Waals surface area (Å²) >= 11 is 1.64. The van der Waals surface area contributed by atoms with Crippen molar-refractivity contribution in [2.45, 2.75) is 13.3 Å². The van der Waals surface area contributed by atoms with Gasteiger partial charge in [-0.25, -0.2) is 8.78 Å². The Labute approximate surface area is 125 Å². The van der Waals surface area contributed by atoms with E-state index in [2.05, 4.69) is 5.32 Å². The smallest absolute Gasteiger partial charge is 0.258 e. The van der Waals surface area contributed by atoms with Crippen molar-refractivity contribution in [3.05, 3.63) is 51.2 Å². The minimum absolute atomic E-state index is 0.0124. The third kappa shape index (κ3) is 3.58. The zero-order valence-electron chi connectivity index (χ0n) is 11.7. The molecule has 1 N–H and O–H groups in total. The molecular weight excluding hydrogens is 296 g/mol. The Bertz CT molecular complexity index is 655. The van der Waals surface area contributed by atoms with E-state index in [4.69, 9.17) is 4.74 Å². The fourth-order valence-electron chi connectivity index (χ4n) is 1.92.